The number of hydrogen-bond acceptors (Lipinski definition) is 4. The van der Waals surface area contributed by atoms with Gasteiger partial charge >= 0.3 is 0 Å². The second kappa shape index (κ2) is 4.35. The molecule has 0 bridgehead atoms. The van der Waals surface area contributed by atoms with Crippen LogP contribution in [0.25, 0.3) is 11.4 Å². The van der Waals surface area contributed by atoms with Crippen LogP contribution in [0, 0.1) is 11.6 Å². The predicted molar refractivity (Wildman–Crippen MR) is 67.3 cm³/mol. The Balaban J connectivity index is 2.02. The molecule has 1 fully saturated rings. The van der Waals surface area contributed by atoms with Gasteiger partial charge in [0, 0.05) is 12.1 Å². The Morgan fingerprint density at radius 2 is 2.11 bits per heavy atom. The summed E-state index contributed by atoms with van der Waals surface area (Å²) >= 11 is 3.00. The zero-order valence-electron chi connectivity index (χ0n) is 9.79. The zero-order chi connectivity index (χ0) is 13.6. The molecule has 0 unspecified atom stereocenters. The molecule has 1 saturated carbocycles. The van der Waals surface area contributed by atoms with E-state index >= 15 is 0 Å². The van der Waals surface area contributed by atoms with Crippen LogP contribution in [0.3, 0.4) is 0 Å². The lowest BCUT2D eigenvalue weighted by Gasteiger charge is -2.04. The van der Waals surface area contributed by atoms with Crippen molar-refractivity contribution in [1.29, 1.82) is 0 Å². The summed E-state index contributed by atoms with van der Waals surface area (Å²) in [6, 6.07) is 2.43. The number of halogens is 3. The van der Waals surface area contributed by atoms with Gasteiger partial charge in [-0.15, -0.1) is 0 Å². The Morgan fingerprint density at radius 3 is 2.74 bits per heavy atom. The van der Waals surface area contributed by atoms with Crippen molar-refractivity contribution in [3.63, 3.8) is 0 Å². The monoisotopic (exact) mass is 329 g/mol. The highest BCUT2D eigenvalue weighted by molar-refractivity contribution is 9.10. The highest BCUT2D eigenvalue weighted by Crippen LogP contribution is 2.46. The molecule has 1 aliphatic rings. The molecule has 3 rings (SSSR count). The van der Waals surface area contributed by atoms with E-state index < -0.39 is 11.6 Å². The van der Waals surface area contributed by atoms with Gasteiger partial charge in [0.25, 0.3) is 0 Å². The van der Waals surface area contributed by atoms with Crippen molar-refractivity contribution in [1.82, 2.24) is 10.1 Å². The molecule has 1 heterocycles. The molecular formula is C12H10BrF2N3O. The van der Waals surface area contributed by atoms with E-state index in [0.717, 1.165) is 18.9 Å². The van der Waals surface area contributed by atoms with E-state index in [9.17, 15) is 8.78 Å². The van der Waals surface area contributed by atoms with Crippen LogP contribution in [0.1, 0.15) is 18.7 Å². The summed E-state index contributed by atoms with van der Waals surface area (Å²) < 4.78 is 31.7. The SMILES string of the molecule is NCC1(c2nc(-c3ccc(F)c(F)c3Br)no2)CC1. The van der Waals surface area contributed by atoms with Crippen LogP contribution >= 0.6 is 15.9 Å². The van der Waals surface area contributed by atoms with Gasteiger partial charge < -0.3 is 10.3 Å². The van der Waals surface area contributed by atoms with Crippen molar-refractivity contribution < 1.29 is 13.3 Å². The third-order valence-electron chi connectivity index (χ3n) is 3.40. The number of nitrogens with zero attached hydrogens (tertiary/aromatic N) is 2. The molecule has 0 saturated heterocycles. The first-order valence-electron chi connectivity index (χ1n) is 5.75. The largest absolute Gasteiger partial charge is 0.338 e. The predicted octanol–water partition coefficient (Wildman–Crippen LogP) is 2.77. The Bertz CT molecular complexity index is 640. The summed E-state index contributed by atoms with van der Waals surface area (Å²) in [5.74, 6) is -1.22. The summed E-state index contributed by atoms with van der Waals surface area (Å²) in [6.45, 7) is 0.438. The Labute approximate surface area is 116 Å². The van der Waals surface area contributed by atoms with E-state index in [1.165, 1.54) is 6.07 Å². The molecule has 2 N–H and O–H groups in total. The lowest BCUT2D eigenvalue weighted by molar-refractivity contribution is 0.347. The smallest absolute Gasteiger partial charge is 0.234 e. The molecular weight excluding hydrogens is 320 g/mol. The van der Waals surface area contributed by atoms with Crippen molar-refractivity contribution in [2.75, 3.05) is 6.54 Å². The normalized spacial score (nSPS) is 16.6. The second-order valence-electron chi connectivity index (χ2n) is 4.63. The quantitative estimate of drug-likeness (QED) is 0.879. The molecule has 0 radical (unpaired) electrons. The van der Waals surface area contributed by atoms with Crippen molar-refractivity contribution in [2.24, 2.45) is 5.73 Å². The lowest BCUT2D eigenvalue weighted by Crippen LogP contribution is -2.19. The molecule has 0 spiro atoms. The molecule has 4 nitrogen and oxygen atoms in total. The maximum Gasteiger partial charge on any atom is 0.234 e. The zero-order valence-corrected chi connectivity index (χ0v) is 11.4. The number of hydrogen-bond donors (Lipinski definition) is 1. The molecule has 1 aromatic heterocycles. The van der Waals surface area contributed by atoms with Crippen LogP contribution in [-0.2, 0) is 5.41 Å². The van der Waals surface area contributed by atoms with Crippen molar-refractivity contribution >= 4 is 15.9 Å². The van der Waals surface area contributed by atoms with Gasteiger partial charge in [-0.25, -0.2) is 8.78 Å². The number of aromatic nitrogens is 2. The molecule has 0 amide bonds. The van der Waals surface area contributed by atoms with E-state index in [0.29, 0.717) is 18.0 Å². The topological polar surface area (TPSA) is 64.9 Å². The van der Waals surface area contributed by atoms with Crippen molar-refractivity contribution in [3.05, 3.63) is 34.1 Å². The maximum absolute atomic E-state index is 13.5. The summed E-state index contributed by atoms with van der Waals surface area (Å²) in [5, 5.41) is 3.81. The average Bonchev–Trinajstić information content (AvgIpc) is 3.07. The molecule has 19 heavy (non-hydrogen) atoms. The van der Waals surface area contributed by atoms with Crippen LogP contribution in [0.5, 0.6) is 0 Å². The van der Waals surface area contributed by atoms with Crippen LogP contribution < -0.4 is 5.73 Å². The molecule has 100 valence electrons. The first-order valence-corrected chi connectivity index (χ1v) is 6.55. The fourth-order valence-electron chi connectivity index (χ4n) is 1.90. The Morgan fingerprint density at radius 1 is 1.37 bits per heavy atom. The fraction of sp³-hybridized carbons (Fsp3) is 0.333. The highest BCUT2D eigenvalue weighted by Gasteiger charge is 2.48. The Hall–Kier alpha value is -1.34. The van der Waals surface area contributed by atoms with Crippen LogP contribution in [-0.4, -0.2) is 16.7 Å². The number of benzene rings is 1. The van der Waals surface area contributed by atoms with Gasteiger partial charge in [0.15, 0.2) is 11.6 Å². The summed E-state index contributed by atoms with van der Waals surface area (Å²) in [5.41, 5.74) is 5.80. The first kappa shape index (κ1) is 12.7. The minimum Gasteiger partial charge on any atom is -0.338 e. The van der Waals surface area contributed by atoms with Crippen LogP contribution in [0.15, 0.2) is 21.1 Å². The minimum atomic E-state index is -0.969. The van der Waals surface area contributed by atoms with Crippen molar-refractivity contribution in [3.8, 4) is 11.4 Å². The molecule has 0 aliphatic heterocycles. The summed E-state index contributed by atoms with van der Waals surface area (Å²) in [6.07, 6.45) is 1.81. The third-order valence-corrected chi connectivity index (χ3v) is 4.18. The summed E-state index contributed by atoms with van der Waals surface area (Å²) in [4.78, 5) is 4.24. The minimum absolute atomic E-state index is 0.0163. The highest BCUT2D eigenvalue weighted by atomic mass is 79.9. The van der Waals surface area contributed by atoms with Gasteiger partial charge in [0.1, 0.15) is 0 Å². The standard InChI is InChI=1S/C12H10BrF2N3O/c13-8-6(1-2-7(14)9(8)15)10-17-11(19-18-10)12(5-16)3-4-12/h1-2H,3-5,16H2. The molecule has 2 aromatic rings. The number of nitrogens with two attached hydrogens (primary N) is 1. The second-order valence-corrected chi connectivity index (χ2v) is 5.42. The maximum atomic E-state index is 13.5. The van der Waals surface area contributed by atoms with E-state index in [1.807, 2.05) is 0 Å². The van der Waals surface area contributed by atoms with E-state index in [1.54, 1.807) is 0 Å². The van der Waals surface area contributed by atoms with E-state index in [-0.39, 0.29) is 15.7 Å². The van der Waals surface area contributed by atoms with Gasteiger partial charge in [-0.1, -0.05) is 5.16 Å². The van der Waals surface area contributed by atoms with Gasteiger partial charge in [-0.2, -0.15) is 4.98 Å². The lowest BCUT2D eigenvalue weighted by atomic mass is 10.1. The van der Waals surface area contributed by atoms with Crippen molar-refractivity contribution in [2.45, 2.75) is 18.3 Å². The molecule has 1 aromatic carbocycles. The Kier molecular flexibility index (Phi) is 2.90. The van der Waals surface area contributed by atoms with Gasteiger partial charge in [-0.05, 0) is 40.9 Å². The van der Waals surface area contributed by atoms with Crippen LogP contribution in [0.4, 0.5) is 8.78 Å². The van der Waals surface area contributed by atoms with Gasteiger partial charge in [-0.3, -0.25) is 0 Å². The molecule has 1 aliphatic carbocycles. The first-order chi connectivity index (χ1) is 9.07. The van der Waals surface area contributed by atoms with Gasteiger partial charge in [0.2, 0.25) is 11.7 Å². The van der Waals surface area contributed by atoms with Gasteiger partial charge in [0.05, 0.1) is 9.89 Å². The van der Waals surface area contributed by atoms with Crippen LogP contribution in [0.2, 0.25) is 0 Å². The number of rotatable bonds is 3. The molecule has 7 heteroatoms. The molecule has 0 atom stereocenters. The summed E-state index contributed by atoms with van der Waals surface area (Å²) in [7, 11) is 0. The van der Waals surface area contributed by atoms with E-state index in [2.05, 4.69) is 26.1 Å². The average molecular weight is 330 g/mol. The third kappa shape index (κ3) is 1.97. The fourth-order valence-corrected chi connectivity index (χ4v) is 2.40. The van der Waals surface area contributed by atoms with E-state index in [4.69, 9.17) is 10.3 Å².